The fourth-order valence-corrected chi connectivity index (χ4v) is 1.67. The lowest BCUT2D eigenvalue weighted by Crippen LogP contribution is -2.02. The predicted octanol–water partition coefficient (Wildman–Crippen LogP) is 2.47. The van der Waals surface area contributed by atoms with Crippen molar-refractivity contribution in [1.82, 2.24) is 0 Å². The van der Waals surface area contributed by atoms with Crippen LogP contribution >= 0.6 is 23.2 Å². The number of hydrogen-bond donors (Lipinski definition) is 2. The van der Waals surface area contributed by atoms with Crippen molar-refractivity contribution in [2.24, 2.45) is 5.73 Å². The Balaban J connectivity index is 2.92. The minimum Gasteiger partial charge on any atom is -0.397 e. The van der Waals surface area contributed by atoms with Gasteiger partial charge in [-0.25, -0.2) is 0 Å². The second-order valence-corrected chi connectivity index (χ2v) is 3.70. The number of hydrogen-bond acceptors (Lipinski definition) is 2. The number of nitrogen functional groups attached to an aromatic ring is 1. The number of benzene rings is 1. The van der Waals surface area contributed by atoms with Gasteiger partial charge < -0.3 is 11.5 Å². The Morgan fingerprint density at radius 1 is 1.23 bits per heavy atom. The highest BCUT2D eigenvalue weighted by Crippen LogP contribution is 2.28. The number of halogens is 2. The number of anilines is 1. The molecule has 4 heteroatoms. The van der Waals surface area contributed by atoms with E-state index in [2.05, 4.69) is 0 Å². The largest absolute Gasteiger partial charge is 0.397 e. The summed E-state index contributed by atoms with van der Waals surface area (Å²) in [5.41, 5.74) is 12.7. The molecule has 72 valence electrons. The van der Waals surface area contributed by atoms with Crippen molar-refractivity contribution >= 4 is 28.9 Å². The molecule has 0 aliphatic rings. The first-order chi connectivity index (χ1) is 6.15. The summed E-state index contributed by atoms with van der Waals surface area (Å²) in [5.74, 6) is 0. The van der Waals surface area contributed by atoms with Gasteiger partial charge in [0.1, 0.15) is 0 Å². The SMILES string of the molecule is NCCCc1cc(Cl)cc(Cl)c1N. The van der Waals surface area contributed by atoms with E-state index in [-0.39, 0.29) is 0 Å². The number of aryl methyl sites for hydroxylation is 1. The van der Waals surface area contributed by atoms with E-state index in [1.54, 1.807) is 6.07 Å². The Bertz CT molecular complexity index is 300. The molecule has 1 aromatic rings. The van der Waals surface area contributed by atoms with Crippen LogP contribution in [0.15, 0.2) is 12.1 Å². The van der Waals surface area contributed by atoms with E-state index in [1.165, 1.54) is 0 Å². The average Bonchev–Trinajstić information content (AvgIpc) is 2.09. The van der Waals surface area contributed by atoms with Crippen LogP contribution in [0.2, 0.25) is 10.0 Å². The molecule has 0 unspecified atom stereocenters. The van der Waals surface area contributed by atoms with E-state index < -0.39 is 0 Å². The number of rotatable bonds is 3. The first kappa shape index (κ1) is 10.6. The first-order valence-corrected chi connectivity index (χ1v) is 4.84. The van der Waals surface area contributed by atoms with E-state index in [0.29, 0.717) is 22.3 Å². The summed E-state index contributed by atoms with van der Waals surface area (Å²) in [5, 5.41) is 1.13. The Kier molecular flexibility index (Phi) is 3.85. The van der Waals surface area contributed by atoms with E-state index in [1.807, 2.05) is 6.07 Å². The molecule has 0 aliphatic carbocycles. The maximum Gasteiger partial charge on any atom is 0.0653 e. The van der Waals surface area contributed by atoms with E-state index in [4.69, 9.17) is 34.7 Å². The molecular formula is C9H12Cl2N2. The molecule has 1 rings (SSSR count). The van der Waals surface area contributed by atoms with Crippen LogP contribution in [0.25, 0.3) is 0 Å². The zero-order valence-corrected chi connectivity index (χ0v) is 8.70. The molecule has 0 fully saturated rings. The highest BCUT2D eigenvalue weighted by Gasteiger charge is 2.04. The molecule has 1 aromatic carbocycles. The normalized spacial score (nSPS) is 10.4. The lowest BCUT2D eigenvalue weighted by atomic mass is 10.1. The van der Waals surface area contributed by atoms with Crippen molar-refractivity contribution < 1.29 is 0 Å². The van der Waals surface area contributed by atoms with Crippen LogP contribution in [-0.4, -0.2) is 6.54 Å². The molecule has 0 aromatic heterocycles. The monoisotopic (exact) mass is 218 g/mol. The molecule has 2 nitrogen and oxygen atoms in total. The smallest absolute Gasteiger partial charge is 0.0653 e. The topological polar surface area (TPSA) is 52.0 Å². The van der Waals surface area contributed by atoms with Gasteiger partial charge in [0.25, 0.3) is 0 Å². The van der Waals surface area contributed by atoms with Gasteiger partial charge in [-0.05, 0) is 37.1 Å². The Morgan fingerprint density at radius 2 is 1.92 bits per heavy atom. The minimum absolute atomic E-state index is 0.513. The molecule has 0 atom stereocenters. The van der Waals surface area contributed by atoms with Gasteiger partial charge in [0.05, 0.1) is 10.7 Å². The zero-order valence-electron chi connectivity index (χ0n) is 7.19. The summed E-state index contributed by atoms with van der Waals surface area (Å²) >= 11 is 11.7. The number of nitrogens with two attached hydrogens (primary N) is 2. The fourth-order valence-electron chi connectivity index (χ4n) is 1.14. The van der Waals surface area contributed by atoms with Crippen molar-refractivity contribution in [3.63, 3.8) is 0 Å². The Morgan fingerprint density at radius 3 is 2.54 bits per heavy atom. The van der Waals surface area contributed by atoms with Crippen LogP contribution in [0.4, 0.5) is 5.69 Å². The maximum absolute atomic E-state index is 5.86. The van der Waals surface area contributed by atoms with Gasteiger partial charge in [0.2, 0.25) is 0 Å². The van der Waals surface area contributed by atoms with Crippen LogP contribution in [0, 0.1) is 0 Å². The molecule has 0 spiro atoms. The van der Waals surface area contributed by atoms with E-state index >= 15 is 0 Å². The molecule has 0 saturated heterocycles. The van der Waals surface area contributed by atoms with Crippen molar-refractivity contribution in [1.29, 1.82) is 0 Å². The fraction of sp³-hybridized carbons (Fsp3) is 0.333. The van der Waals surface area contributed by atoms with Crippen LogP contribution in [-0.2, 0) is 6.42 Å². The van der Waals surface area contributed by atoms with E-state index in [9.17, 15) is 0 Å². The van der Waals surface area contributed by atoms with Gasteiger partial charge >= 0.3 is 0 Å². The molecule has 0 bridgehead atoms. The average molecular weight is 219 g/mol. The van der Waals surface area contributed by atoms with Crippen LogP contribution in [0.1, 0.15) is 12.0 Å². The van der Waals surface area contributed by atoms with Gasteiger partial charge in [0, 0.05) is 5.02 Å². The van der Waals surface area contributed by atoms with Gasteiger partial charge in [-0.1, -0.05) is 23.2 Å². The Labute approximate surface area is 87.8 Å². The minimum atomic E-state index is 0.513. The third kappa shape index (κ3) is 2.76. The molecular weight excluding hydrogens is 207 g/mol. The highest BCUT2D eigenvalue weighted by molar-refractivity contribution is 6.36. The zero-order chi connectivity index (χ0) is 9.84. The summed E-state index contributed by atoms with van der Waals surface area (Å²) in [7, 11) is 0. The third-order valence-electron chi connectivity index (χ3n) is 1.83. The van der Waals surface area contributed by atoms with Crippen molar-refractivity contribution in [3.8, 4) is 0 Å². The third-order valence-corrected chi connectivity index (χ3v) is 2.36. The summed E-state index contributed by atoms with van der Waals surface area (Å²) in [6, 6.07) is 3.48. The maximum atomic E-state index is 5.86. The molecule has 0 saturated carbocycles. The molecule has 0 radical (unpaired) electrons. The second-order valence-electron chi connectivity index (χ2n) is 2.85. The molecule has 0 amide bonds. The van der Waals surface area contributed by atoms with Crippen molar-refractivity contribution in [3.05, 3.63) is 27.7 Å². The lowest BCUT2D eigenvalue weighted by molar-refractivity contribution is 0.834. The van der Waals surface area contributed by atoms with Crippen molar-refractivity contribution in [2.75, 3.05) is 12.3 Å². The summed E-state index contributed by atoms with van der Waals surface area (Å²) < 4.78 is 0. The molecule has 4 N–H and O–H groups in total. The highest BCUT2D eigenvalue weighted by atomic mass is 35.5. The standard InChI is InChI=1S/C9H12Cl2N2/c10-7-4-6(2-1-3-12)9(13)8(11)5-7/h4-5H,1-3,12-13H2. The Hall–Kier alpha value is -0.440. The van der Waals surface area contributed by atoms with Crippen LogP contribution in [0.5, 0.6) is 0 Å². The quantitative estimate of drug-likeness (QED) is 0.767. The van der Waals surface area contributed by atoms with Crippen molar-refractivity contribution in [2.45, 2.75) is 12.8 Å². The molecule has 0 aliphatic heterocycles. The summed E-state index contributed by atoms with van der Waals surface area (Å²) in [6.07, 6.45) is 1.71. The summed E-state index contributed by atoms with van der Waals surface area (Å²) in [6.45, 7) is 0.642. The van der Waals surface area contributed by atoms with Gasteiger partial charge in [0.15, 0.2) is 0 Å². The molecule has 13 heavy (non-hydrogen) atoms. The van der Waals surface area contributed by atoms with Crippen LogP contribution < -0.4 is 11.5 Å². The predicted molar refractivity (Wildman–Crippen MR) is 58.2 cm³/mol. The van der Waals surface area contributed by atoms with E-state index in [0.717, 1.165) is 18.4 Å². The van der Waals surface area contributed by atoms with Crippen LogP contribution in [0.3, 0.4) is 0 Å². The van der Waals surface area contributed by atoms with Gasteiger partial charge in [-0.15, -0.1) is 0 Å². The second kappa shape index (κ2) is 4.70. The lowest BCUT2D eigenvalue weighted by Gasteiger charge is -2.07. The van der Waals surface area contributed by atoms with Gasteiger partial charge in [-0.3, -0.25) is 0 Å². The molecule has 0 heterocycles. The first-order valence-electron chi connectivity index (χ1n) is 4.08. The summed E-state index contributed by atoms with van der Waals surface area (Å²) in [4.78, 5) is 0. The van der Waals surface area contributed by atoms with Gasteiger partial charge in [-0.2, -0.15) is 0 Å².